The lowest BCUT2D eigenvalue weighted by molar-refractivity contribution is 0.132. The molecule has 0 spiro atoms. The molecule has 3 heterocycles. The topological polar surface area (TPSA) is 61.3 Å². The van der Waals surface area contributed by atoms with Crippen molar-refractivity contribution in [2.24, 2.45) is 5.92 Å². The van der Waals surface area contributed by atoms with E-state index in [1.54, 1.807) is 11.3 Å². The van der Waals surface area contributed by atoms with Gasteiger partial charge in [-0.3, -0.25) is 4.90 Å². The van der Waals surface area contributed by atoms with Crippen LogP contribution in [0, 0.1) is 5.92 Å². The number of likely N-dealkylation sites (tertiary alicyclic amines) is 1. The fourth-order valence-electron chi connectivity index (χ4n) is 3.03. The van der Waals surface area contributed by atoms with Crippen molar-refractivity contribution in [1.29, 1.82) is 0 Å². The Balaban J connectivity index is 1.86. The summed E-state index contributed by atoms with van der Waals surface area (Å²) in [5.41, 5.74) is 0. The van der Waals surface area contributed by atoms with Crippen LogP contribution in [0.2, 0.25) is 0 Å². The Morgan fingerprint density at radius 1 is 1.48 bits per heavy atom. The zero-order chi connectivity index (χ0) is 14.8. The lowest BCUT2D eigenvalue weighted by atomic mass is 10.0. The lowest BCUT2D eigenvalue weighted by Gasteiger charge is -2.24. The Morgan fingerprint density at radius 2 is 2.33 bits per heavy atom. The van der Waals surface area contributed by atoms with Crippen LogP contribution >= 0.6 is 11.3 Å². The molecule has 6 heteroatoms. The van der Waals surface area contributed by atoms with Gasteiger partial charge in [0.15, 0.2) is 0 Å². The molecule has 0 bridgehead atoms. The smallest absolute Gasteiger partial charge is 0.146 e. The second-order valence-corrected chi connectivity index (χ2v) is 6.54. The monoisotopic (exact) mass is 306 g/mol. The molecule has 2 unspecified atom stereocenters. The molecule has 2 atom stereocenters. The third kappa shape index (κ3) is 2.88. The highest BCUT2D eigenvalue weighted by Gasteiger charge is 2.31. The summed E-state index contributed by atoms with van der Waals surface area (Å²) in [6, 6.07) is 2.30. The number of anilines is 1. The van der Waals surface area contributed by atoms with Gasteiger partial charge in [-0.05, 0) is 37.3 Å². The third-order valence-electron chi connectivity index (χ3n) is 4.24. The van der Waals surface area contributed by atoms with Gasteiger partial charge >= 0.3 is 0 Å². The van der Waals surface area contributed by atoms with Crippen molar-refractivity contribution in [2.75, 3.05) is 25.0 Å². The van der Waals surface area contributed by atoms with Crippen LogP contribution in [0.3, 0.4) is 0 Å². The minimum absolute atomic E-state index is 0.211. The maximum Gasteiger partial charge on any atom is 0.146 e. The first-order valence-electron chi connectivity index (χ1n) is 7.55. The van der Waals surface area contributed by atoms with Crippen LogP contribution < -0.4 is 5.32 Å². The first-order chi connectivity index (χ1) is 10.2. The minimum Gasteiger partial charge on any atom is -0.395 e. The SMILES string of the molecule is CCNc1nc(CN2CCC(C)C2CO)nc2sccc12. The average Bonchev–Trinajstić information content (AvgIpc) is 3.06. The van der Waals surface area contributed by atoms with Crippen molar-refractivity contribution in [3.05, 3.63) is 17.3 Å². The molecule has 21 heavy (non-hydrogen) atoms. The maximum absolute atomic E-state index is 9.57. The van der Waals surface area contributed by atoms with Gasteiger partial charge in [-0.25, -0.2) is 9.97 Å². The predicted molar refractivity (Wildman–Crippen MR) is 86.6 cm³/mol. The molecule has 1 aliphatic heterocycles. The molecule has 1 aliphatic rings. The zero-order valence-corrected chi connectivity index (χ0v) is 13.4. The average molecular weight is 306 g/mol. The second-order valence-electron chi connectivity index (χ2n) is 5.64. The summed E-state index contributed by atoms with van der Waals surface area (Å²) in [6.07, 6.45) is 1.13. The van der Waals surface area contributed by atoms with Gasteiger partial charge in [0.25, 0.3) is 0 Å². The van der Waals surface area contributed by atoms with Crippen LogP contribution in [0.4, 0.5) is 5.82 Å². The quantitative estimate of drug-likeness (QED) is 0.888. The Hall–Kier alpha value is -1.24. The first-order valence-corrected chi connectivity index (χ1v) is 8.43. The predicted octanol–water partition coefficient (Wildman–Crippen LogP) is 2.33. The molecule has 5 nitrogen and oxygen atoms in total. The van der Waals surface area contributed by atoms with E-state index in [0.29, 0.717) is 12.5 Å². The summed E-state index contributed by atoms with van der Waals surface area (Å²) < 4.78 is 0. The number of rotatable bonds is 5. The molecule has 114 valence electrons. The number of nitrogens with zero attached hydrogens (tertiary/aromatic N) is 3. The highest BCUT2D eigenvalue weighted by atomic mass is 32.1. The molecular formula is C15H22N4OS. The maximum atomic E-state index is 9.57. The molecule has 3 rings (SSSR count). The lowest BCUT2D eigenvalue weighted by Crippen LogP contribution is -2.35. The van der Waals surface area contributed by atoms with Crippen molar-refractivity contribution in [3.8, 4) is 0 Å². The number of hydrogen-bond acceptors (Lipinski definition) is 6. The van der Waals surface area contributed by atoms with E-state index in [1.807, 2.05) is 0 Å². The summed E-state index contributed by atoms with van der Waals surface area (Å²) in [5.74, 6) is 2.30. The van der Waals surface area contributed by atoms with E-state index in [2.05, 4.69) is 45.5 Å². The van der Waals surface area contributed by atoms with Gasteiger partial charge in [-0.1, -0.05) is 6.92 Å². The van der Waals surface area contributed by atoms with Crippen LogP contribution in [-0.2, 0) is 6.54 Å². The van der Waals surface area contributed by atoms with Crippen LogP contribution in [0.5, 0.6) is 0 Å². The number of nitrogens with one attached hydrogen (secondary N) is 1. The summed E-state index contributed by atoms with van der Waals surface area (Å²) >= 11 is 1.65. The van der Waals surface area contributed by atoms with Gasteiger partial charge in [-0.2, -0.15) is 0 Å². The summed E-state index contributed by atoms with van der Waals surface area (Å²) in [6.45, 7) is 7.05. The van der Waals surface area contributed by atoms with E-state index in [1.165, 1.54) is 0 Å². The molecular weight excluding hydrogens is 284 g/mol. The molecule has 1 fully saturated rings. The standard InChI is InChI=1S/C15H22N4OS/c1-3-16-14-11-5-7-21-15(11)18-13(17-14)8-19-6-4-10(2)12(19)9-20/h5,7,10,12,20H,3-4,6,8-9H2,1-2H3,(H,16,17,18). The van der Waals surface area contributed by atoms with Gasteiger partial charge in [0, 0.05) is 12.6 Å². The normalized spacial score (nSPS) is 23.0. The molecule has 1 saturated heterocycles. The molecule has 0 saturated carbocycles. The Morgan fingerprint density at radius 3 is 3.10 bits per heavy atom. The number of thiophene rings is 1. The van der Waals surface area contributed by atoms with Crippen molar-refractivity contribution in [2.45, 2.75) is 32.9 Å². The number of aliphatic hydroxyl groups is 1. The van der Waals surface area contributed by atoms with Crippen LogP contribution in [0.15, 0.2) is 11.4 Å². The summed E-state index contributed by atoms with van der Waals surface area (Å²) in [5, 5.41) is 16.0. The molecule has 0 amide bonds. The number of aromatic nitrogens is 2. The molecule has 0 aromatic carbocycles. The fraction of sp³-hybridized carbons (Fsp3) is 0.600. The van der Waals surface area contributed by atoms with E-state index in [0.717, 1.165) is 41.4 Å². The van der Waals surface area contributed by atoms with E-state index < -0.39 is 0 Å². The molecule has 0 radical (unpaired) electrons. The van der Waals surface area contributed by atoms with Gasteiger partial charge in [0.05, 0.1) is 18.5 Å². The molecule has 2 aromatic rings. The van der Waals surface area contributed by atoms with Crippen LogP contribution in [0.25, 0.3) is 10.2 Å². The number of hydrogen-bond donors (Lipinski definition) is 2. The fourth-order valence-corrected chi connectivity index (χ4v) is 3.82. The van der Waals surface area contributed by atoms with E-state index >= 15 is 0 Å². The Labute approximate surface area is 129 Å². The highest BCUT2D eigenvalue weighted by Crippen LogP contribution is 2.28. The van der Waals surface area contributed by atoms with Gasteiger partial charge in [-0.15, -0.1) is 11.3 Å². The third-order valence-corrected chi connectivity index (χ3v) is 5.05. The molecule has 2 aromatic heterocycles. The van der Waals surface area contributed by atoms with E-state index in [4.69, 9.17) is 0 Å². The summed E-state index contributed by atoms with van der Waals surface area (Å²) in [4.78, 5) is 12.7. The summed E-state index contributed by atoms with van der Waals surface area (Å²) in [7, 11) is 0. The van der Waals surface area contributed by atoms with Crippen molar-refractivity contribution in [1.82, 2.24) is 14.9 Å². The van der Waals surface area contributed by atoms with Crippen LogP contribution in [0.1, 0.15) is 26.1 Å². The van der Waals surface area contributed by atoms with E-state index in [9.17, 15) is 5.11 Å². The first kappa shape index (κ1) is 14.7. The highest BCUT2D eigenvalue weighted by molar-refractivity contribution is 7.16. The zero-order valence-electron chi connectivity index (χ0n) is 12.5. The molecule has 0 aliphatic carbocycles. The van der Waals surface area contributed by atoms with Gasteiger partial charge < -0.3 is 10.4 Å². The van der Waals surface area contributed by atoms with Gasteiger partial charge in [0.2, 0.25) is 0 Å². The Kier molecular flexibility index (Phi) is 4.37. The van der Waals surface area contributed by atoms with Gasteiger partial charge in [0.1, 0.15) is 16.5 Å². The second kappa shape index (κ2) is 6.25. The number of fused-ring (bicyclic) bond motifs is 1. The molecule has 2 N–H and O–H groups in total. The van der Waals surface area contributed by atoms with Crippen molar-refractivity contribution < 1.29 is 5.11 Å². The van der Waals surface area contributed by atoms with Crippen molar-refractivity contribution >= 4 is 27.4 Å². The van der Waals surface area contributed by atoms with Crippen LogP contribution in [-0.4, -0.2) is 45.7 Å². The largest absolute Gasteiger partial charge is 0.395 e. The van der Waals surface area contributed by atoms with E-state index in [-0.39, 0.29) is 12.6 Å². The van der Waals surface area contributed by atoms with Crippen molar-refractivity contribution in [3.63, 3.8) is 0 Å². The Bertz CT molecular complexity index is 615. The number of aliphatic hydroxyl groups excluding tert-OH is 1. The minimum atomic E-state index is 0.211.